The smallest absolute Gasteiger partial charge is 0.465 e. The minimum absolute atomic E-state index is 0.0246. The van der Waals surface area contributed by atoms with E-state index in [9.17, 15) is 9.36 Å². The first-order valence-electron chi connectivity index (χ1n) is 4.02. The summed E-state index contributed by atoms with van der Waals surface area (Å²) in [4.78, 5) is 31.0. The first-order chi connectivity index (χ1) is 7.38. The molecule has 8 nitrogen and oxygen atoms in total. The molecular weight excluding hydrogens is 239 g/mol. The monoisotopic (exact) mass is 248 g/mol. The number of pyridine rings is 1. The van der Waals surface area contributed by atoms with E-state index in [0.29, 0.717) is 0 Å². The van der Waals surface area contributed by atoms with E-state index in [4.69, 9.17) is 14.9 Å². The number of amides is 1. The number of phosphoric acid groups is 1. The van der Waals surface area contributed by atoms with Crippen LogP contribution in [-0.4, -0.2) is 26.0 Å². The Bertz CT molecular complexity index is 431. The van der Waals surface area contributed by atoms with Crippen LogP contribution in [0, 0.1) is 0 Å². The van der Waals surface area contributed by atoms with Crippen LogP contribution in [0.4, 0.5) is 10.6 Å². The van der Waals surface area contributed by atoms with E-state index in [1.54, 1.807) is 0 Å². The molecule has 1 aromatic heterocycles. The van der Waals surface area contributed by atoms with Gasteiger partial charge in [0.05, 0.1) is 6.61 Å². The topological polar surface area (TPSA) is 129 Å². The average Bonchev–Trinajstić information content (AvgIpc) is 2.14. The fraction of sp³-hybridized carbons (Fsp3) is 0.143. The summed E-state index contributed by atoms with van der Waals surface area (Å²) in [5.74, 6) is -0.0246. The van der Waals surface area contributed by atoms with Crippen LogP contribution in [0.3, 0.4) is 0 Å². The van der Waals surface area contributed by atoms with Crippen LogP contribution in [0.1, 0.15) is 5.56 Å². The molecule has 0 atom stereocenters. The minimum atomic E-state index is -4.59. The van der Waals surface area contributed by atoms with Crippen LogP contribution >= 0.6 is 7.82 Å². The predicted molar refractivity (Wildman–Crippen MR) is 52.7 cm³/mol. The van der Waals surface area contributed by atoms with Gasteiger partial charge in [-0.1, -0.05) is 6.07 Å². The second kappa shape index (κ2) is 5.04. The van der Waals surface area contributed by atoms with E-state index < -0.39 is 20.5 Å². The summed E-state index contributed by atoms with van der Waals surface area (Å²) in [7, 11) is -4.59. The Kier molecular flexibility index (Phi) is 3.97. The van der Waals surface area contributed by atoms with Crippen LogP contribution < -0.4 is 5.32 Å². The summed E-state index contributed by atoms with van der Waals surface area (Å²) in [6.07, 6.45) is 0.0165. The molecule has 0 saturated heterocycles. The van der Waals surface area contributed by atoms with Crippen LogP contribution in [0.25, 0.3) is 0 Å². The molecule has 0 aliphatic heterocycles. The molecular formula is C7H9N2O6P. The molecule has 0 spiro atoms. The van der Waals surface area contributed by atoms with Crippen molar-refractivity contribution in [3.05, 3.63) is 23.9 Å². The number of hydrogen-bond donors (Lipinski definition) is 4. The summed E-state index contributed by atoms with van der Waals surface area (Å²) in [5.41, 5.74) is 0.230. The van der Waals surface area contributed by atoms with Crippen molar-refractivity contribution in [1.29, 1.82) is 0 Å². The molecule has 0 aromatic carbocycles. The molecule has 0 bridgehead atoms. The zero-order valence-electron chi connectivity index (χ0n) is 7.90. The summed E-state index contributed by atoms with van der Waals surface area (Å²) in [6, 6.07) is 2.93. The van der Waals surface area contributed by atoms with E-state index in [1.165, 1.54) is 18.3 Å². The number of aromatic nitrogens is 1. The number of carboxylic acid groups (broad SMARTS) is 1. The highest BCUT2D eigenvalue weighted by atomic mass is 31.2. The third kappa shape index (κ3) is 4.37. The summed E-state index contributed by atoms with van der Waals surface area (Å²) in [5, 5.41) is 10.5. The van der Waals surface area contributed by atoms with Crippen molar-refractivity contribution < 1.29 is 28.8 Å². The van der Waals surface area contributed by atoms with Gasteiger partial charge < -0.3 is 14.9 Å². The van der Waals surface area contributed by atoms with Gasteiger partial charge in [0.2, 0.25) is 0 Å². The van der Waals surface area contributed by atoms with Gasteiger partial charge in [-0.25, -0.2) is 14.3 Å². The SMILES string of the molecule is O=C(O)Nc1ncccc1COP(=O)(O)O. The highest BCUT2D eigenvalue weighted by molar-refractivity contribution is 7.46. The molecule has 4 N–H and O–H groups in total. The third-order valence-electron chi connectivity index (χ3n) is 1.50. The number of phosphoric ester groups is 1. The highest BCUT2D eigenvalue weighted by Crippen LogP contribution is 2.37. The van der Waals surface area contributed by atoms with Crippen molar-refractivity contribution in [3.63, 3.8) is 0 Å². The largest absolute Gasteiger partial charge is 0.469 e. The lowest BCUT2D eigenvalue weighted by Crippen LogP contribution is -2.11. The van der Waals surface area contributed by atoms with Gasteiger partial charge in [0.1, 0.15) is 5.82 Å². The molecule has 0 radical (unpaired) electrons. The second-order valence-electron chi connectivity index (χ2n) is 2.71. The molecule has 9 heteroatoms. The Balaban J connectivity index is 2.79. The molecule has 0 aliphatic carbocycles. The lowest BCUT2D eigenvalue weighted by atomic mass is 10.3. The summed E-state index contributed by atoms with van der Waals surface area (Å²) >= 11 is 0. The van der Waals surface area contributed by atoms with Crippen molar-refractivity contribution in [2.75, 3.05) is 5.32 Å². The van der Waals surface area contributed by atoms with Gasteiger partial charge in [0, 0.05) is 11.8 Å². The van der Waals surface area contributed by atoms with Crippen molar-refractivity contribution in [2.45, 2.75) is 6.61 Å². The van der Waals surface area contributed by atoms with Gasteiger partial charge in [-0.2, -0.15) is 0 Å². The molecule has 0 unspecified atom stereocenters. The summed E-state index contributed by atoms with van der Waals surface area (Å²) < 4.78 is 14.7. The molecule has 88 valence electrons. The van der Waals surface area contributed by atoms with E-state index in [-0.39, 0.29) is 11.4 Å². The zero-order valence-corrected chi connectivity index (χ0v) is 8.79. The molecule has 0 saturated carbocycles. The number of anilines is 1. The standard InChI is InChI=1S/C7H9N2O6P/c10-7(11)9-6-5(2-1-3-8-6)4-15-16(12,13)14/h1-3H,4H2,(H,8,9)(H,10,11)(H2,12,13,14). The highest BCUT2D eigenvalue weighted by Gasteiger charge is 2.15. The van der Waals surface area contributed by atoms with Crippen molar-refractivity contribution in [1.82, 2.24) is 4.98 Å². The Morgan fingerprint density at radius 1 is 1.56 bits per heavy atom. The van der Waals surface area contributed by atoms with E-state index >= 15 is 0 Å². The first kappa shape index (κ1) is 12.6. The Morgan fingerprint density at radius 3 is 2.81 bits per heavy atom. The lowest BCUT2D eigenvalue weighted by Gasteiger charge is -2.08. The van der Waals surface area contributed by atoms with Crippen molar-refractivity contribution in [2.24, 2.45) is 0 Å². The molecule has 16 heavy (non-hydrogen) atoms. The fourth-order valence-electron chi connectivity index (χ4n) is 0.923. The van der Waals surface area contributed by atoms with Crippen LogP contribution in [0.15, 0.2) is 18.3 Å². The van der Waals surface area contributed by atoms with Gasteiger partial charge >= 0.3 is 13.9 Å². The minimum Gasteiger partial charge on any atom is -0.465 e. The molecule has 1 amide bonds. The maximum atomic E-state index is 10.5. The number of nitrogens with one attached hydrogen (secondary N) is 1. The van der Waals surface area contributed by atoms with E-state index in [2.05, 4.69) is 9.51 Å². The van der Waals surface area contributed by atoms with Gasteiger partial charge in [-0.05, 0) is 6.07 Å². The zero-order chi connectivity index (χ0) is 12.2. The molecule has 0 aliphatic rings. The number of rotatable bonds is 4. The van der Waals surface area contributed by atoms with Gasteiger partial charge in [0.25, 0.3) is 0 Å². The molecule has 1 aromatic rings. The van der Waals surface area contributed by atoms with Crippen molar-refractivity contribution >= 4 is 19.7 Å². The Hall–Kier alpha value is -1.47. The van der Waals surface area contributed by atoms with Crippen molar-refractivity contribution in [3.8, 4) is 0 Å². The average molecular weight is 248 g/mol. The Labute approximate surface area is 90.1 Å². The Morgan fingerprint density at radius 2 is 2.25 bits per heavy atom. The van der Waals surface area contributed by atoms with Gasteiger partial charge in [0.15, 0.2) is 0 Å². The summed E-state index contributed by atoms with van der Waals surface area (Å²) in [6.45, 7) is -0.437. The van der Waals surface area contributed by atoms with Gasteiger partial charge in [-0.3, -0.25) is 9.84 Å². The molecule has 1 heterocycles. The maximum absolute atomic E-state index is 10.5. The van der Waals surface area contributed by atoms with E-state index in [0.717, 1.165) is 0 Å². The van der Waals surface area contributed by atoms with Crippen LogP contribution in [0.2, 0.25) is 0 Å². The van der Waals surface area contributed by atoms with Crippen LogP contribution in [0.5, 0.6) is 0 Å². The second-order valence-corrected chi connectivity index (χ2v) is 3.94. The number of nitrogens with zero attached hydrogens (tertiary/aromatic N) is 1. The van der Waals surface area contributed by atoms with E-state index in [1.807, 2.05) is 5.32 Å². The number of hydrogen-bond acceptors (Lipinski definition) is 4. The van der Waals surface area contributed by atoms with Crippen LogP contribution in [-0.2, 0) is 15.7 Å². The lowest BCUT2D eigenvalue weighted by molar-refractivity contribution is 0.189. The normalized spacial score (nSPS) is 11.1. The first-order valence-corrected chi connectivity index (χ1v) is 5.55. The predicted octanol–water partition coefficient (Wildman–Crippen LogP) is 0.781. The fourth-order valence-corrected chi connectivity index (χ4v) is 1.23. The number of carbonyl (C=O) groups is 1. The molecule has 1 rings (SSSR count). The quantitative estimate of drug-likeness (QED) is 0.579. The molecule has 0 fully saturated rings. The maximum Gasteiger partial charge on any atom is 0.469 e. The van der Waals surface area contributed by atoms with Gasteiger partial charge in [-0.15, -0.1) is 0 Å². The third-order valence-corrected chi connectivity index (χ3v) is 1.97.